The number of anilines is 3. The first-order chi connectivity index (χ1) is 30.2. The van der Waals surface area contributed by atoms with Crippen molar-refractivity contribution in [1.29, 1.82) is 0 Å². The predicted octanol–water partition coefficient (Wildman–Crippen LogP) is 16.4. The normalized spacial score (nSPS) is 21.3. The number of hydrogen-bond donors (Lipinski definition) is 0. The molecule has 5 aliphatic rings. The highest BCUT2D eigenvalue weighted by molar-refractivity contribution is 6.06. The number of hydrogen-bond acceptors (Lipinski definition) is 1. The highest BCUT2D eigenvalue weighted by atomic mass is 15.1. The quantitative estimate of drug-likeness (QED) is 0.168. The van der Waals surface area contributed by atoms with E-state index in [0.717, 1.165) is 5.92 Å². The van der Waals surface area contributed by atoms with E-state index in [4.69, 9.17) is 0 Å². The van der Waals surface area contributed by atoms with Crippen LogP contribution in [0.5, 0.6) is 0 Å². The number of benzene rings is 8. The molecule has 2 spiro atoms. The van der Waals surface area contributed by atoms with Gasteiger partial charge in [-0.25, -0.2) is 0 Å². The van der Waals surface area contributed by atoms with E-state index in [-0.39, 0.29) is 10.8 Å². The van der Waals surface area contributed by atoms with Crippen molar-refractivity contribution in [3.05, 3.63) is 198 Å². The first-order valence-electron chi connectivity index (χ1n) is 23.2. The van der Waals surface area contributed by atoms with Crippen LogP contribution in [0, 0.1) is 11.8 Å². The van der Waals surface area contributed by atoms with Crippen molar-refractivity contribution in [2.45, 2.75) is 75.0 Å². The van der Waals surface area contributed by atoms with Gasteiger partial charge in [0, 0.05) is 27.6 Å². The van der Waals surface area contributed by atoms with Gasteiger partial charge in [-0.05, 0) is 159 Å². The standard InChI is InChI=1S/C60H51N/c1-2-14-41(15-3-1)42-25-28-45(29-26-42)61(46-30-31-51-49-17-5-7-23-56(49)60(57(51)39-46)36-33-40-13-10-16-44(60)37-40)58-24-12-20-48-47(19-11-21-52(48)58)43-27-32-55-53(38-43)50-18-4-6-22-54(50)59(55)34-8-9-35-59/h1-7,11-12,14-15,17-32,38-40,44H,8-10,13,16,33-37H2/t40?,44-,60-/m1/s1. The van der Waals surface area contributed by atoms with Crippen LogP contribution in [0.3, 0.4) is 0 Å². The fourth-order valence-corrected chi connectivity index (χ4v) is 13.6. The number of rotatable bonds is 5. The van der Waals surface area contributed by atoms with Gasteiger partial charge < -0.3 is 4.90 Å². The smallest absolute Gasteiger partial charge is 0.0540 e. The molecule has 0 saturated heterocycles. The Kier molecular flexibility index (Phi) is 7.97. The van der Waals surface area contributed by atoms with Gasteiger partial charge in [-0.2, -0.15) is 0 Å². The highest BCUT2D eigenvalue weighted by Crippen LogP contribution is 2.63. The van der Waals surface area contributed by atoms with E-state index in [1.54, 1.807) is 22.3 Å². The van der Waals surface area contributed by atoms with Gasteiger partial charge in [-0.15, -0.1) is 0 Å². The van der Waals surface area contributed by atoms with Gasteiger partial charge in [0.05, 0.1) is 5.69 Å². The maximum absolute atomic E-state index is 2.62. The molecule has 0 amide bonds. The molecule has 296 valence electrons. The topological polar surface area (TPSA) is 3.24 Å². The van der Waals surface area contributed by atoms with Crippen LogP contribution >= 0.6 is 0 Å². The van der Waals surface area contributed by atoms with Crippen LogP contribution in [0.1, 0.15) is 86.5 Å². The second-order valence-electron chi connectivity index (χ2n) is 19.0. The zero-order valence-corrected chi connectivity index (χ0v) is 34.9. The second-order valence-corrected chi connectivity index (χ2v) is 19.0. The first-order valence-corrected chi connectivity index (χ1v) is 23.2. The average molecular weight is 786 g/mol. The molecule has 61 heavy (non-hydrogen) atoms. The minimum Gasteiger partial charge on any atom is -0.310 e. The Balaban J connectivity index is 0.987. The van der Waals surface area contributed by atoms with Crippen LogP contribution in [0.15, 0.2) is 176 Å². The number of fused-ring (bicyclic) bond motifs is 14. The lowest BCUT2D eigenvalue weighted by Crippen LogP contribution is -2.42. The summed E-state index contributed by atoms with van der Waals surface area (Å²) in [6, 6.07) is 67.6. The molecule has 3 fully saturated rings. The number of nitrogens with zero attached hydrogens (tertiary/aromatic N) is 1. The molecule has 1 unspecified atom stereocenters. The Morgan fingerprint density at radius 3 is 1.90 bits per heavy atom. The molecule has 0 N–H and O–H groups in total. The van der Waals surface area contributed by atoms with Crippen LogP contribution in [-0.4, -0.2) is 0 Å². The van der Waals surface area contributed by atoms with Crippen molar-refractivity contribution >= 4 is 27.8 Å². The fraction of sp³-hybridized carbons (Fsp3) is 0.233. The molecule has 2 bridgehead atoms. The van der Waals surface area contributed by atoms with Gasteiger partial charge in [0.1, 0.15) is 0 Å². The largest absolute Gasteiger partial charge is 0.310 e. The van der Waals surface area contributed by atoms with Gasteiger partial charge in [-0.1, -0.05) is 165 Å². The molecule has 0 aromatic heterocycles. The molecule has 3 saturated carbocycles. The molecular weight excluding hydrogens is 735 g/mol. The zero-order chi connectivity index (χ0) is 40.1. The summed E-state index contributed by atoms with van der Waals surface area (Å²) in [5.74, 6) is 1.58. The SMILES string of the molecule is c1ccc(-c2ccc(N(c3ccc4c(c3)[C@@]3(CCC5CCC[C@@H]3C5)c3ccccc3-4)c3cccc4c(-c5ccc6c(c5)-c5ccccc5C65CCCC5)cccc34)cc2)cc1. The molecule has 3 atom stereocenters. The molecule has 0 radical (unpaired) electrons. The third-order valence-corrected chi connectivity index (χ3v) is 16.3. The van der Waals surface area contributed by atoms with Crippen molar-refractivity contribution in [3.8, 4) is 44.5 Å². The predicted molar refractivity (Wildman–Crippen MR) is 255 cm³/mol. The molecular formula is C60H51N. The third-order valence-electron chi connectivity index (χ3n) is 16.3. The molecule has 0 aliphatic heterocycles. The van der Waals surface area contributed by atoms with E-state index in [1.165, 1.54) is 137 Å². The van der Waals surface area contributed by atoms with Crippen molar-refractivity contribution in [3.63, 3.8) is 0 Å². The maximum Gasteiger partial charge on any atom is 0.0540 e. The first kappa shape index (κ1) is 35.6. The van der Waals surface area contributed by atoms with E-state index in [1.807, 2.05) is 0 Å². The maximum atomic E-state index is 2.62. The van der Waals surface area contributed by atoms with E-state index in [9.17, 15) is 0 Å². The molecule has 8 aromatic carbocycles. The monoisotopic (exact) mass is 785 g/mol. The Labute approximate surface area is 360 Å². The highest BCUT2D eigenvalue weighted by Gasteiger charge is 2.52. The molecule has 5 aliphatic carbocycles. The Bertz CT molecular complexity index is 3000. The lowest BCUT2D eigenvalue weighted by atomic mass is 9.55. The summed E-state index contributed by atoms with van der Waals surface area (Å²) >= 11 is 0. The Hall–Kier alpha value is -6.18. The van der Waals surface area contributed by atoms with Crippen LogP contribution in [0.25, 0.3) is 55.3 Å². The summed E-state index contributed by atoms with van der Waals surface area (Å²) in [5, 5.41) is 2.56. The zero-order valence-electron chi connectivity index (χ0n) is 34.9. The molecule has 1 nitrogen and oxygen atoms in total. The van der Waals surface area contributed by atoms with Gasteiger partial charge >= 0.3 is 0 Å². The van der Waals surface area contributed by atoms with Crippen molar-refractivity contribution in [2.24, 2.45) is 11.8 Å². The van der Waals surface area contributed by atoms with Gasteiger partial charge in [-0.3, -0.25) is 0 Å². The minimum absolute atomic E-state index is 0.0802. The summed E-state index contributed by atoms with van der Waals surface area (Å²) < 4.78 is 0. The third kappa shape index (κ3) is 5.19. The molecule has 0 heterocycles. The van der Waals surface area contributed by atoms with Gasteiger partial charge in [0.2, 0.25) is 0 Å². The molecule has 1 heteroatoms. The summed E-state index contributed by atoms with van der Waals surface area (Å²) in [5.41, 5.74) is 21.0. The lowest BCUT2D eigenvalue weighted by Gasteiger charge is -2.49. The summed E-state index contributed by atoms with van der Waals surface area (Å²) in [6.07, 6.45) is 13.2. The fourth-order valence-electron chi connectivity index (χ4n) is 13.6. The van der Waals surface area contributed by atoms with E-state index < -0.39 is 0 Å². The average Bonchev–Trinajstić information content (AvgIpc) is 4.01. The van der Waals surface area contributed by atoms with Crippen molar-refractivity contribution in [1.82, 2.24) is 0 Å². The van der Waals surface area contributed by atoms with E-state index >= 15 is 0 Å². The Morgan fingerprint density at radius 2 is 1.05 bits per heavy atom. The summed E-state index contributed by atoms with van der Waals surface area (Å²) in [4.78, 5) is 2.56. The summed E-state index contributed by atoms with van der Waals surface area (Å²) in [7, 11) is 0. The van der Waals surface area contributed by atoms with Crippen LogP contribution in [-0.2, 0) is 10.8 Å². The molecule has 13 rings (SSSR count). The van der Waals surface area contributed by atoms with Crippen molar-refractivity contribution in [2.75, 3.05) is 4.90 Å². The lowest BCUT2D eigenvalue weighted by molar-refractivity contribution is 0.117. The van der Waals surface area contributed by atoms with Crippen LogP contribution < -0.4 is 4.90 Å². The van der Waals surface area contributed by atoms with Crippen LogP contribution in [0.2, 0.25) is 0 Å². The van der Waals surface area contributed by atoms with Gasteiger partial charge in [0.25, 0.3) is 0 Å². The minimum atomic E-state index is 0.0802. The van der Waals surface area contributed by atoms with E-state index in [0.29, 0.717) is 5.92 Å². The Morgan fingerprint density at radius 1 is 0.393 bits per heavy atom. The second kappa shape index (κ2) is 13.7. The summed E-state index contributed by atoms with van der Waals surface area (Å²) in [6.45, 7) is 0. The molecule has 8 aromatic rings. The van der Waals surface area contributed by atoms with Crippen LogP contribution in [0.4, 0.5) is 17.1 Å². The van der Waals surface area contributed by atoms with E-state index in [2.05, 4.69) is 181 Å². The van der Waals surface area contributed by atoms with Gasteiger partial charge in [0.15, 0.2) is 0 Å². The van der Waals surface area contributed by atoms with Crippen molar-refractivity contribution < 1.29 is 0 Å².